The van der Waals surface area contributed by atoms with Gasteiger partial charge in [0.1, 0.15) is 4.88 Å². The molecule has 2 heterocycles. The van der Waals surface area contributed by atoms with Gasteiger partial charge in [-0.1, -0.05) is 0 Å². The SMILES string of the molecule is Cc1cc(NC(=O)c2ccc(F)nc2)sc1C(=O)O. The van der Waals surface area contributed by atoms with Crippen molar-refractivity contribution in [2.75, 3.05) is 5.32 Å². The molecule has 0 atom stereocenters. The number of thiophene rings is 1. The molecule has 1 amide bonds. The Hall–Kier alpha value is -2.28. The second-order valence-corrected chi connectivity index (χ2v) is 4.80. The molecule has 0 spiro atoms. The highest BCUT2D eigenvalue weighted by Gasteiger charge is 2.14. The lowest BCUT2D eigenvalue weighted by atomic mass is 10.2. The predicted octanol–water partition coefficient (Wildman–Crippen LogP) is 2.54. The number of aromatic carboxylic acids is 1. The van der Waals surface area contributed by atoms with E-state index in [2.05, 4.69) is 10.3 Å². The molecule has 7 heteroatoms. The minimum absolute atomic E-state index is 0.174. The zero-order valence-electron chi connectivity index (χ0n) is 9.81. The second kappa shape index (κ2) is 5.15. The molecule has 0 aromatic carbocycles. The first-order valence-electron chi connectivity index (χ1n) is 5.24. The summed E-state index contributed by atoms with van der Waals surface area (Å²) in [6, 6.07) is 3.95. The number of carboxylic acid groups (broad SMARTS) is 1. The summed E-state index contributed by atoms with van der Waals surface area (Å²) < 4.78 is 12.6. The number of halogens is 1. The van der Waals surface area contributed by atoms with Gasteiger partial charge in [0.15, 0.2) is 0 Å². The fraction of sp³-hybridized carbons (Fsp3) is 0.0833. The van der Waals surface area contributed by atoms with Gasteiger partial charge in [0.05, 0.1) is 10.6 Å². The van der Waals surface area contributed by atoms with Crippen molar-refractivity contribution in [1.29, 1.82) is 0 Å². The Morgan fingerprint density at radius 3 is 2.68 bits per heavy atom. The molecule has 2 rings (SSSR count). The van der Waals surface area contributed by atoms with Crippen LogP contribution in [-0.4, -0.2) is 22.0 Å². The molecule has 0 aliphatic carbocycles. The number of anilines is 1. The van der Waals surface area contributed by atoms with E-state index in [0.29, 0.717) is 10.6 Å². The number of rotatable bonds is 3. The van der Waals surface area contributed by atoms with Crippen LogP contribution in [0.25, 0.3) is 0 Å². The number of nitrogens with one attached hydrogen (secondary N) is 1. The van der Waals surface area contributed by atoms with E-state index in [9.17, 15) is 14.0 Å². The summed E-state index contributed by atoms with van der Waals surface area (Å²) in [5.41, 5.74) is 0.773. The second-order valence-electron chi connectivity index (χ2n) is 3.75. The van der Waals surface area contributed by atoms with Gasteiger partial charge in [-0.15, -0.1) is 11.3 Å². The van der Waals surface area contributed by atoms with Gasteiger partial charge in [-0.05, 0) is 30.7 Å². The number of carbonyl (C=O) groups is 2. The number of pyridine rings is 1. The van der Waals surface area contributed by atoms with Gasteiger partial charge in [0, 0.05) is 6.20 Å². The molecular weight excluding hydrogens is 271 g/mol. The van der Waals surface area contributed by atoms with Crippen molar-refractivity contribution in [3.63, 3.8) is 0 Å². The number of amides is 1. The molecule has 2 aromatic heterocycles. The van der Waals surface area contributed by atoms with Gasteiger partial charge in [0.25, 0.3) is 5.91 Å². The van der Waals surface area contributed by atoms with Gasteiger partial charge >= 0.3 is 5.97 Å². The topological polar surface area (TPSA) is 79.3 Å². The Bertz CT molecular complexity index is 637. The third-order valence-electron chi connectivity index (χ3n) is 2.34. The fourth-order valence-electron chi connectivity index (χ4n) is 1.45. The monoisotopic (exact) mass is 280 g/mol. The van der Waals surface area contributed by atoms with Gasteiger partial charge < -0.3 is 10.4 Å². The van der Waals surface area contributed by atoms with E-state index in [1.165, 1.54) is 6.07 Å². The van der Waals surface area contributed by atoms with Crippen molar-refractivity contribution in [1.82, 2.24) is 4.98 Å². The standard InChI is InChI=1S/C12H9FN2O3S/c1-6-4-9(19-10(6)12(17)18)15-11(16)7-2-3-8(13)14-5-7/h2-5H,1H3,(H,15,16)(H,17,18). The van der Waals surface area contributed by atoms with Crippen LogP contribution >= 0.6 is 11.3 Å². The normalized spacial score (nSPS) is 10.2. The number of hydrogen-bond donors (Lipinski definition) is 2. The van der Waals surface area contributed by atoms with Crippen molar-refractivity contribution >= 4 is 28.2 Å². The summed E-state index contributed by atoms with van der Waals surface area (Å²) in [5.74, 6) is -2.17. The zero-order chi connectivity index (χ0) is 14.0. The van der Waals surface area contributed by atoms with Crippen LogP contribution in [-0.2, 0) is 0 Å². The van der Waals surface area contributed by atoms with Crippen LogP contribution in [0.2, 0.25) is 0 Å². The first-order chi connectivity index (χ1) is 8.97. The Labute approximate surface area is 111 Å². The molecular formula is C12H9FN2O3S. The maximum atomic E-state index is 12.6. The van der Waals surface area contributed by atoms with Crippen molar-refractivity contribution in [3.8, 4) is 0 Å². The van der Waals surface area contributed by atoms with Crippen LogP contribution in [0, 0.1) is 12.9 Å². The van der Waals surface area contributed by atoms with Crippen molar-refractivity contribution in [3.05, 3.63) is 46.3 Å². The lowest BCUT2D eigenvalue weighted by Gasteiger charge is -2.01. The number of nitrogens with zero attached hydrogens (tertiary/aromatic N) is 1. The van der Waals surface area contributed by atoms with E-state index in [-0.39, 0.29) is 10.4 Å². The molecule has 0 aliphatic heterocycles. The van der Waals surface area contributed by atoms with E-state index < -0.39 is 17.8 Å². The minimum atomic E-state index is -1.04. The van der Waals surface area contributed by atoms with E-state index in [0.717, 1.165) is 23.6 Å². The van der Waals surface area contributed by atoms with Crippen molar-refractivity contribution < 1.29 is 19.1 Å². The number of hydrogen-bond acceptors (Lipinski definition) is 4. The summed E-state index contributed by atoms with van der Waals surface area (Å²) in [6.07, 6.45) is 1.11. The summed E-state index contributed by atoms with van der Waals surface area (Å²) >= 11 is 0.968. The van der Waals surface area contributed by atoms with Crippen LogP contribution in [0.3, 0.4) is 0 Å². The Morgan fingerprint density at radius 2 is 2.16 bits per heavy atom. The molecule has 0 saturated heterocycles. The van der Waals surface area contributed by atoms with Gasteiger partial charge in [-0.25, -0.2) is 9.78 Å². The quantitative estimate of drug-likeness (QED) is 0.847. The molecule has 2 aromatic rings. The highest BCUT2D eigenvalue weighted by Crippen LogP contribution is 2.26. The first-order valence-corrected chi connectivity index (χ1v) is 6.05. The zero-order valence-corrected chi connectivity index (χ0v) is 10.6. The van der Waals surface area contributed by atoms with Crippen LogP contribution in [0.15, 0.2) is 24.4 Å². The van der Waals surface area contributed by atoms with Crippen molar-refractivity contribution in [2.24, 2.45) is 0 Å². The highest BCUT2D eigenvalue weighted by atomic mass is 32.1. The maximum Gasteiger partial charge on any atom is 0.346 e. The van der Waals surface area contributed by atoms with Crippen LogP contribution < -0.4 is 5.32 Å². The average molecular weight is 280 g/mol. The smallest absolute Gasteiger partial charge is 0.346 e. The average Bonchev–Trinajstić information content (AvgIpc) is 2.71. The Balaban J connectivity index is 2.17. The third kappa shape index (κ3) is 2.94. The van der Waals surface area contributed by atoms with E-state index in [1.54, 1.807) is 13.0 Å². The highest BCUT2D eigenvalue weighted by molar-refractivity contribution is 7.18. The van der Waals surface area contributed by atoms with Gasteiger partial charge in [-0.3, -0.25) is 4.79 Å². The first kappa shape index (κ1) is 13.2. The van der Waals surface area contributed by atoms with Gasteiger partial charge in [-0.2, -0.15) is 4.39 Å². The van der Waals surface area contributed by atoms with E-state index in [1.807, 2.05) is 0 Å². The molecule has 0 radical (unpaired) electrons. The molecule has 0 unspecified atom stereocenters. The molecule has 5 nitrogen and oxygen atoms in total. The summed E-state index contributed by atoms with van der Waals surface area (Å²) in [6.45, 7) is 1.65. The maximum absolute atomic E-state index is 12.6. The van der Waals surface area contributed by atoms with E-state index >= 15 is 0 Å². The largest absolute Gasteiger partial charge is 0.477 e. The number of aryl methyl sites for hydroxylation is 1. The molecule has 19 heavy (non-hydrogen) atoms. The summed E-state index contributed by atoms with van der Waals surface area (Å²) in [4.78, 5) is 26.2. The Kier molecular flexibility index (Phi) is 3.57. The minimum Gasteiger partial charge on any atom is -0.477 e. The van der Waals surface area contributed by atoms with Crippen molar-refractivity contribution in [2.45, 2.75) is 6.92 Å². The lowest BCUT2D eigenvalue weighted by Crippen LogP contribution is -2.11. The Morgan fingerprint density at radius 1 is 1.42 bits per heavy atom. The van der Waals surface area contributed by atoms with Crippen LogP contribution in [0.4, 0.5) is 9.39 Å². The van der Waals surface area contributed by atoms with Crippen LogP contribution in [0.1, 0.15) is 25.6 Å². The number of aromatic nitrogens is 1. The van der Waals surface area contributed by atoms with E-state index in [4.69, 9.17) is 5.11 Å². The van der Waals surface area contributed by atoms with Gasteiger partial charge in [0.2, 0.25) is 5.95 Å². The number of carbonyl (C=O) groups excluding carboxylic acids is 1. The molecule has 0 bridgehead atoms. The van der Waals surface area contributed by atoms with Crippen LogP contribution in [0.5, 0.6) is 0 Å². The molecule has 2 N–H and O–H groups in total. The fourth-order valence-corrected chi connectivity index (χ4v) is 2.36. The molecule has 98 valence electrons. The molecule has 0 aliphatic rings. The number of carboxylic acids is 1. The molecule has 0 fully saturated rings. The molecule has 0 saturated carbocycles. The summed E-state index contributed by atoms with van der Waals surface area (Å²) in [5, 5.41) is 11.9. The predicted molar refractivity (Wildman–Crippen MR) is 68.2 cm³/mol. The third-order valence-corrected chi connectivity index (χ3v) is 3.48. The summed E-state index contributed by atoms with van der Waals surface area (Å²) in [7, 11) is 0. The lowest BCUT2D eigenvalue weighted by molar-refractivity contribution is 0.0701.